The van der Waals surface area contributed by atoms with Crippen LogP contribution in [0.2, 0.25) is 0 Å². The number of methoxy groups -OCH3 is 1. The van der Waals surface area contributed by atoms with E-state index in [1.807, 2.05) is 0 Å². The molecule has 5 heteroatoms. The van der Waals surface area contributed by atoms with Crippen molar-refractivity contribution in [1.29, 1.82) is 0 Å². The summed E-state index contributed by atoms with van der Waals surface area (Å²) in [6.45, 7) is 4.43. The lowest BCUT2D eigenvalue weighted by Crippen LogP contribution is -2.44. The van der Waals surface area contributed by atoms with Crippen molar-refractivity contribution in [3.8, 4) is 0 Å². The van der Waals surface area contributed by atoms with E-state index in [2.05, 4.69) is 10.6 Å². The molecule has 0 bridgehead atoms. The molecule has 78 valence electrons. The summed E-state index contributed by atoms with van der Waals surface area (Å²) in [5, 5.41) is 14.4. The highest BCUT2D eigenvalue weighted by Gasteiger charge is 2.13. The SMILES string of the molecule is COCCNC(=O)NCC(C)(C)O. The van der Waals surface area contributed by atoms with Gasteiger partial charge in [-0.05, 0) is 13.8 Å². The molecule has 0 rings (SSSR count). The van der Waals surface area contributed by atoms with Crippen LogP contribution in [0.4, 0.5) is 4.79 Å². The maximum absolute atomic E-state index is 11.0. The standard InChI is InChI=1S/C8H18N2O3/c1-8(2,12)6-10-7(11)9-4-5-13-3/h12H,4-6H2,1-3H3,(H2,9,10,11). The molecule has 0 aromatic carbocycles. The first kappa shape index (κ1) is 12.2. The van der Waals surface area contributed by atoms with Crippen LogP contribution >= 0.6 is 0 Å². The molecule has 0 spiro atoms. The van der Waals surface area contributed by atoms with E-state index in [1.165, 1.54) is 0 Å². The van der Waals surface area contributed by atoms with Crippen molar-refractivity contribution in [2.24, 2.45) is 0 Å². The number of aliphatic hydroxyl groups is 1. The summed E-state index contributed by atoms with van der Waals surface area (Å²) in [7, 11) is 1.57. The summed E-state index contributed by atoms with van der Waals surface area (Å²) in [5.74, 6) is 0. The van der Waals surface area contributed by atoms with Gasteiger partial charge in [-0.1, -0.05) is 0 Å². The minimum atomic E-state index is -0.876. The molecule has 0 fully saturated rings. The molecule has 0 saturated heterocycles. The second-order valence-electron chi connectivity index (χ2n) is 3.41. The lowest BCUT2D eigenvalue weighted by Gasteiger charge is -2.17. The fraction of sp³-hybridized carbons (Fsp3) is 0.875. The zero-order valence-corrected chi connectivity index (χ0v) is 8.39. The Balaban J connectivity index is 3.41. The van der Waals surface area contributed by atoms with Crippen LogP contribution in [0, 0.1) is 0 Å². The average molecular weight is 190 g/mol. The summed E-state index contributed by atoms with van der Waals surface area (Å²) >= 11 is 0. The van der Waals surface area contributed by atoms with Crippen LogP contribution in [0.1, 0.15) is 13.8 Å². The Kier molecular flexibility index (Phi) is 5.41. The molecule has 3 N–H and O–H groups in total. The number of hydrogen-bond donors (Lipinski definition) is 3. The number of nitrogens with one attached hydrogen (secondary N) is 2. The van der Waals surface area contributed by atoms with E-state index < -0.39 is 5.60 Å². The van der Waals surface area contributed by atoms with Crippen molar-refractivity contribution in [3.05, 3.63) is 0 Å². The summed E-state index contributed by atoms with van der Waals surface area (Å²) in [6.07, 6.45) is 0. The second-order valence-corrected chi connectivity index (χ2v) is 3.41. The smallest absolute Gasteiger partial charge is 0.314 e. The quantitative estimate of drug-likeness (QED) is 0.521. The Morgan fingerprint density at radius 3 is 2.54 bits per heavy atom. The monoisotopic (exact) mass is 190 g/mol. The highest BCUT2D eigenvalue weighted by Crippen LogP contribution is 1.96. The van der Waals surface area contributed by atoms with Crippen LogP contribution in [-0.2, 0) is 4.74 Å². The molecule has 0 aliphatic rings. The highest BCUT2D eigenvalue weighted by molar-refractivity contribution is 5.73. The number of hydrogen-bond acceptors (Lipinski definition) is 3. The van der Waals surface area contributed by atoms with Gasteiger partial charge in [0.25, 0.3) is 0 Å². The van der Waals surface area contributed by atoms with Gasteiger partial charge in [-0.2, -0.15) is 0 Å². The van der Waals surface area contributed by atoms with E-state index in [0.29, 0.717) is 13.2 Å². The molecule has 0 radical (unpaired) electrons. The number of urea groups is 1. The number of amides is 2. The molecule has 0 aliphatic carbocycles. The molecule has 0 aromatic heterocycles. The van der Waals surface area contributed by atoms with Crippen molar-refractivity contribution in [3.63, 3.8) is 0 Å². The van der Waals surface area contributed by atoms with E-state index >= 15 is 0 Å². The normalized spacial score (nSPS) is 11.1. The minimum absolute atomic E-state index is 0.228. The number of rotatable bonds is 5. The first-order chi connectivity index (χ1) is 5.95. The molecular weight excluding hydrogens is 172 g/mol. The largest absolute Gasteiger partial charge is 0.389 e. The summed E-state index contributed by atoms with van der Waals surface area (Å²) in [4.78, 5) is 11.0. The van der Waals surface area contributed by atoms with Crippen molar-refractivity contribution >= 4 is 6.03 Å². The van der Waals surface area contributed by atoms with Crippen LogP contribution < -0.4 is 10.6 Å². The van der Waals surface area contributed by atoms with Gasteiger partial charge in [-0.25, -0.2) is 4.79 Å². The second kappa shape index (κ2) is 5.77. The zero-order chi connectivity index (χ0) is 10.3. The first-order valence-corrected chi connectivity index (χ1v) is 4.19. The van der Waals surface area contributed by atoms with Gasteiger partial charge >= 0.3 is 6.03 Å². The van der Waals surface area contributed by atoms with Crippen LogP contribution in [0.15, 0.2) is 0 Å². The maximum atomic E-state index is 11.0. The van der Waals surface area contributed by atoms with Gasteiger partial charge in [0.1, 0.15) is 0 Å². The van der Waals surface area contributed by atoms with Crippen LogP contribution in [-0.4, -0.2) is 43.5 Å². The lowest BCUT2D eigenvalue weighted by molar-refractivity contribution is 0.0818. The maximum Gasteiger partial charge on any atom is 0.314 e. The van der Waals surface area contributed by atoms with E-state index in [9.17, 15) is 9.90 Å². The highest BCUT2D eigenvalue weighted by atomic mass is 16.5. The van der Waals surface area contributed by atoms with Crippen molar-refractivity contribution in [2.45, 2.75) is 19.4 Å². The van der Waals surface area contributed by atoms with Crippen molar-refractivity contribution in [1.82, 2.24) is 10.6 Å². The third kappa shape index (κ3) is 9.10. The van der Waals surface area contributed by atoms with Gasteiger partial charge in [-0.3, -0.25) is 0 Å². The molecule has 13 heavy (non-hydrogen) atoms. The molecule has 0 aromatic rings. The van der Waals surface area contributed by atoms with Gasteiger partial charge in [-0.15, -0.1) is 0 Å². The van der Waals surface area contributed by atoms with Gasteiger partial charge in [0.15, 0.2) is 0 Å². The Labute approximate surface area is 78.5 Å². The Hall–Kier alpha value is -0.810. The molecule has 2 amide bonds. The van der Waals surface area contributed by atoms with E-state index in [-0.39, 0.29) is 12.6 Å². The van der Waals surface area contributed by atoms with E-state index in [1.54, 1.807) is 21.0 Å². The van der Waals surface area contributed by atoms with Crippen molar-refractivity contribution in [2.75, 3.05) is 26.8 Å². The Morgan fingerprint density at radius 2 is 2.08 bits per heavy atom. The minimum Gasteiger partial charge on any atom is -0.389 e. The number of carbonyl (C=O) groups excluding carboxylic acids is 1. The predicted molar refractivity (Wildman–Crippen MR) is 49.6 cm³/mol. The predicted octanol–water partition coefficient (Wildman–Crippen LogP) is -0.297. The summed E-state index contributed by atoms with van der Waals surface area (Å²) < 4.78 is 4.75. The fourth-order valence-electron chi connectivity index (χ4n) is 0.626. The van der Waals surface area contributed by atoms with E-state index in [0.717, 1.165) is 0 Å². The molecule has 0 saturated carbocycles. The van der Waals surface area contributed by atoms with Crippen LogP contribution in [0.3, 0.4) is 0 Å². The topological polar surface area (TPSA) is 70.6 Å². The van der Waals surface area contributed by atoms with Gasteiger partial charge in [0, 0.05) is 20.2 Å². The summed E-state index contributed by atoms with van der Waals surface area (Å²) in [6, 6.07) is -0.292. The molecule has 0 aliphatic heterocycles. The Bertz CT molecular complexity index is 154. The van der Waals surface area contributed by atoms with E-state index in [4.69, 9.17) is 4.74 Å². The zero-order valence-electron chi connectivity index (χ0n) is 8.39. The molecule has 0 heterocycles. The van der Waals surface area contributed by atoms with Crippen LogP contribution in [0.5, 0.6) is 0 Å². The molecular formula is C8H18N2O3. The molecule has 0 unspecified atom stereocenters. The number of carbonyl (C=O) groups is 1. The lowest BCUT2D eigenvalue weighted by atomic mass is 10.1. The van der Waals surface area contributed by atoms with Gasteiger partial charge in [0.2, 0.25) is 0 Å². The van der Waals surface area contributed by atoms with Gasteiger partial charge < -0.3 is 20.5 Å². The fourth-order valence-corrected chi connectivity index (χ4v) is 0.626. The average Bonchev–Trinajstić information content (AvgIpc) is 2.00. The summed E-state index contributed by atoms with van der Waals surface area (Å²) in [5.41, 5.74) is -0.876. The molecule has 5 nitrogen and oxygen atoms in total. The van der Waals surface area contributed by atoms with Crippen molar-refractivity contribution < 1.29 is 14.6 Å². The van der Waals surface area contributed by atoms with Crippen LogP contribution in [0.25, 0.3) is 0 Å². The first-order valence-electron chi connectivity index (χ1n) is 4.19. The number of ether oxygens (including phenoxy) is 1. The van der Waals surface area contributed by atoms with Gasteiger partial charge in [0.05, 0.1) is 12.2 Å². The Morgan fingerprint density at radius 1 is 1.46 bits per heavy atom. The third-order valence-electron chi connectivity index (χ3n) is 1.27. The molecule has 0 atom stereocenters. The third-order valence-corrected chi connectivity index (χ3v) is 1.27.